The van der Waals surface area contributed by atoms with Crippen LogP contribution in [-0.2, 0) is 4.74 Å². The van der Waals surface area contributed by atoms with Crippen LogP contribution in [0.25, 0.3) is 0 Å². The molecule has 1 heterocycles. The second-order valence-electron chi connectivity index (χ2n) is 4.63. The smallest absolute Gasteiger partial charge is 0.0698 e. The van der Waals surface area contributed by atoms with Gasteiger partial charge in [-0.05, 0) is 12.8 Å². The number of aliphatic hydroxyl groups excluding tert-OH is 1. The Morgan fingerprint density at radius 3 is 3.00 bits per heavy atom. The van der Waals surface area contributed by atoms with Gasteiger partial charge in [0.05, 0.1) is 19.8 Å². The number of aliphatic hydroxyl groups is 1. The second-order valence-corrected chi connectivity index (χ2v) is 5.98. The fraction of sp³-hybridized carbons (Fsp3) is 1.00. The lowest BCUT2D eigenvalue weighted by Crippen LogP contribution is -2.50. The monoisotopic (exact) mass is 245 g/mol. The summed E-state index contributed by atoms with van der Waals surface area (Å²) in [6, 6.07) is 0.797. The molecule has 4 heteroatoms. The Hall–Kier alpha value is 0.230. The highest BCUT2D eigenvalue weighted by Gasteiger charge is 2.33. The van der Waals surface area contributed by atoms with Crippen molar-refractivity contribution in [2.24, 2.45) is 0 Å². The van der Waals surface area contributed by atoms with Crippen molar-refractivity contribution in [3.05, 3.63) is 0 Å². The number of thioether (sulfide) groups is 1. The van der Waals surface area contributed by atoms with Crippen LogP contribution in [0.5, 0.6) is 0 Å². The lowest BCUT2D eigenvalue weighted by molar-refractivity contribution is 0.0584. The number of hydrogen-bond acceptors (Lipinski definition) is 4. The van der Waals surface area contributed by atoms with E-state index >= 15 is 0 Å². The average molecular weight is 245 g/mol. The van der Waals surface area contributed by atoms with Gasteiger partial charge in [0.2, 0.25) is 0 Å². The first-order valence-corrected chi connectivity index (χ1v) is 7.51. The molecule has 2 rings (SSSR count). The van der Waals surface area contributed by atoms with Gasteiger partial charge in [-0.15, -0.1) is 0 Å². The van der Waals surface area contributed by atoms with E-state index in [-0.39, 0.29) is 6.61 Å². The molecule has 1 saturated heterocycles. The van der Waals surface area contributed by atoms with Crippen molar-refractivity contribution >= 4 is 11.8 Å². The van der Waals surface area contributed by atoms with Crippen molar-refractivity contribution in [2.45, 2.75) is 37.0 Å². The van der Waals surface area contributed by atoms with Gasteiger partial charge in [-0.3, -0.25) is 4.90 Å². The van der Waals surface area contributed by atoms with E-state index in [0.717, 1.165) is 24.4 Å². The predicted molar refractivity (Wildman–Crippen MR) is 68.0 cm³/mol. The Balaban J connectivity index is 1.74. The van der Waals surface area contributed by atoms with Gasteiger partial charge in [0.25, 0.3) is 0 Å². The summed E-state index contributed by atoms with van der Waals surface area (Å²) in [5.41, 5.74) is 0. The summed E-state index contributed by atoms with van der Waals surface area (Å²) in [5, 5.41) is 9.52. The summed E-state index contributed by atoms with van der Waals surface area (Å²) in [7, 11) is 0. The van der Waals surface area contributed by atoms with Crippen LogP contribution in [0.3, 0.4) is 0 Å². The number of ether oxygens (including phenoxy) is 1. The normalized spacial score (nSPS) is 31.3. The van der Waals surface area contributed by atoms with Gasteiger partial charge >= 0.3 is 0 Å². The molecular weight excluding hydrogens is 222 g/mol. The first-order chi connectivity index (χ1) is 7.92. The van der Waals surface area contributed by atoms with Crippen molar-refractivity contribution < 1.29 is 9.84 Å². The average Bonchev–Trinajstić information content (AvgIpc) is 2.35. The van der Waals surface area contributed by atoms with E-state index in [0.29, 0.717) is 6.61 Å². The summed E-state index contributed by atoms with van der Waals surface area (Å²) in [5.74, 6) is 1.28. The van der Waals surface area contributed by atoms with Gasteiger partial charge in [-0.2, -0.15) is 11.8 Å². The minimum atomic E-state index is 0.141. The molecule has 0 bridgehead atoms. The molecular formula is C12H23NO2S. The Kier molecular flexibility index (Phi) is 5.42. The molecule has 0 spiro atoms. The lowest BCUT2D eigenvalue weighted by Gasteiger charge is -2.43. The van der Waals surface area contributed by atoms with Crippen LogP contribution in [0.4, 0.5) is 0 Å². The van der Waals surface area contributed by atoms with Gasteiger partial charge in [0, 0.05) is 30.1 Å². The quantitative estimate of drug-likeness (QED) is 0.741. The predicted octanol–water partition coefficient (Wildman–Crippen LogP) is 1.36. The molecule has 3 nitrogen and oxygen atoms in total. The maximum atomic E-state index is 8.65. The molecule has 0 aromatic heterocycles. The third-order valence-electron chi connectivity index (χ3n) is 3.61. The molecule has 1 aliphatic heterocycles. The van der Waals surface area contributed by atoms with Crippen LogP contribution >= 0.6 is 11.8 Å². The van der Waals surface area contributed by atoms with Gasteiger partial charge in [-0.1, -0.05) is 12.8 Å². The van der Waals surface area contributed by atoms with E-state index in [9.17, 15) is 0 Å². The highest BCUT2D eigenvalue weighted by molar-refractivity contribution is 8.00. The van der Waals surface area contributed by atoms with Gasteiger partial charge in [0.1, 0.15) is 0 Å². The van der Waals surface area contributed by atoms with E-state index in [2.05, 4.69) is 16.7 Å². The molecule has 2 fully saturated rings. The number of rotatable bonds is 5. The zero-order valence-corrected chi connectivity index (χ0v) is 10.8. The highest BCUT2D eigenvalue weighted by Crippen LogP contribution is 2.35. The van der Waals surface area contributed by atoms with Gasteiger partial charge in [-0.25, -0.2) is 0 Å². The number of fused-ring (bicyclic) bond motifs is 1. The summed E-state index contributed by atoms with van der Waals surface area (Å²) < 4.78 is 5.37. The van der Waals surface area contributed by atoms with Crippen LogP contribution in [-0.4, -0.2) is 60.0 Å². The van der Waals surface area contributed by atoms with Crippen molar-refractivity contribution in [3.63, 3.8) is 0 Å². The van der Waals surface area contributed by atoms with Crippen LogP contribution < -0.4 is 0 Å². The zero-order valence-electron chi connectivity index (χ0n) is 9.94. The van der Waals surface area contributed by atoms with Gasteiger partial charge in [0.15, 0.2) is 0 Å². The van der Waals surface area contributed by atoms with Gasteiger partial charge < -0.3 is 9.84 Å². The first kappa shape index (κ1) is 12.7. The first-order valence-electron chi connectivity index (χ1n) is 6.46. The van der Waals surface area contributed by atoms with Crippen molar-refractivity contribution in [1.29, 1.82) is 0 Å². The molecule has 1 aliphatic carbocycles. The molecule has 94 valence electrons. The second kappa shape index (κ2) is 6.84. The fourth-order valence-electron chi connectivity index (χ4n) is 2.80. The fourth-order valence-corrected chi connectivity index (χ4v) is 4.31. The zero-order chi connectivity index (χ0) is 11.2. The Morgan fingerprint density at radius 2 is 2.12 bits per heavy atom. The Bertz CT molecular complexity index is 201. The Labute approximate surface area is 103 Å². The highest BCUT2D eigenvalue weighted by atomic mass is 32.2. The number of nitrogens with zero attached hydrogens (tertiary/aromatic N) is 1. The van der Waals surface area contributed by atoms with Crippen molar-refractivity contribution in [1.82, 2.24) is 4.90 Å². The van der Waals surface area contributed by atoms with Crippen LogP contribution in [0.15, 0.2) is 0 Å². The largest absolute Gasteiger partial charge is 0.394 e. The molecule has 1 N–H and O–H groups in total. The summed E-state index contributed by atoms with van der Waals surface area (Å²) in [6.45, 7) is 3.66. The standard InChI is InChI=1S/C12H23NO2S/c14-7-9-15-8-5-13-6-10-16-12-4-2-1-3-11(12)13/h11-12,14H,1-10H2. The maximum Gasteiger partial charge on any atom is 0.0698 e. The maximum absolute atomic E-state index is 8.65. The van der Waals surface area contributed by atoms with E-state index in [4.69, 9.17) is 9.84 Å². The Morgan fingerprint density at radius 1 is 1.25 bits per heavy atom. The lowest BCUT2D eigenvalue weighted by atomic mass is 9.93. The van der Waals surface area contributed by atoms with E-state index < -0.39 is 0 Å². The molecule has 2 aliphatic rings. The molecule has 16 heavy (non-hydrogen) atoms. The molecule has 0 aromatic rings. The topological polar surface area (TPSA) is 32.7 Å². The molecule has 2 unspecified atom stereocenters. The van der Waals surface area contributed by atoms with Crippen molar-refractivity contribution in [3.8, 4) is 0 Å². The third kappa shape index (κ3) is 3.36. The molecule has 2 atom stereocenters. The molecule has 0 amide bonds. The summed E-state index contributed by atoms with van der Waals surface area (Å²) >= 11 is 2.17. The molecule has 0 radical (unpaired) electrons. The molecule has 1 saturated carbocycles. The SMILES string of the molecule is OCCOCCN1CCSC2CCCCC21. The number of hydrogen-bond donors (Lipinski definition) is 1. The molecule has 0 aromatic carbocycles. The van der Waals surface area contributed by atoms with Crippen LogP contribution in [0, 0.1) is 0 Å². The minimum Gasteiger partial charge on any atom is -0.394 e. The summed E-state index contributed by atoms with van der Waals surface area (Å²) in [6.07, 6.45) is 5.60. The van der Waals surface area contributed by atoms with Crippen molar-refractivity contribution in [2.75, 3.05) is 38.7 Å². The third-order valence-corrected chi connectivity index (χ3v) is 5.00. The minimum absolute atomic E-state index is 0.141. The van der Waals surface area contributed by atoms with Crippen LogP contribution in [0.2, 0.25) is 0 Å². The van der Waals surface area contributed by atoms with E-state index in [1.165, 1.54) is 38.0 Å². The van der Waals surface area contributed by atoms with E-state index in [1.54, 1.807) is 0 Å². The summed E-state index contributed by atoms with van der Waals surface area (Å²) in [4.78, 5) is 2.61. The van der Waals surface area contributed by atoms with Crippen LogP contribution in [0.1, 0.15) is 25.7 Å². The van der Waals surface area contributed by atoms with E-state index in [1.807, 2.05) is 0 Å².